The van der Waals surface area contributed by atoms with E-state index in [1.54, 1.807) is 0 Å². The van der Waals surface area contributed by atoms with Crippen LogP contribution >= 0.6 is 0 Å². The molecule has 0 bridgehead atoms. The lowest BCUT2D eigenvalue weighted by Gasteiger charge is -2.30. The molecule has 1 heterocycles. The third-order valence-electron chi connectivity index (χ3n) is 3.32. The minimum absolute atomic E-state index is 0.0546. The van der Waals surface area contributed by atoms with Crippen molar-refractivity contribution in [3.63, 3.8) is 0 Å². The zero-order chi connectivity index (χ0) is 12.2. The summed E-state index contributed by atoms with van der Waals surface area (Å²) in [6.07, 6.45) is 5.53. The highest BCUT2D eigenvalue weighted by Gasteiger charge is 2.31. The minimum atomic E-state index is 0.0546. The summed E-state index contributed by atoms with van der Waals surface area (Å²) >= 11 is 0. The summed E-state index contributed by atoms with van der Waals surface area (Å²) in [5.41, 5.74) is 6.02. The predicted molar refractivity (Wildman–Crippen MR) is 67.1 cm³/mol. The van der Waals surface area contributed by atoms with Gasteiger partial charge < -0.3 is 10.6 Å². The number of hydrogen-bond donors (Lipinski definition) is 1. The lowest BCUT2D eigenvalue weighted by molar-refractivity contribution is -0.128. The summed E-state index contributed by atoms with van der Waals surface area (Å²) < 4.78 is 0. The summed E-state index contributed by atoms with van der Waals surface area (Å²) in [5.74, 6) is 0.232. The third kappa shape index (κ3) is 4.12. The molecule has 1 aliphatic heterocycles. The number of amides is 1. The van der Waals surface area contributed by atoms with Crippen molar-refractivity contribution in [2.75, 3.05) is 13.1 Å². The lowest BCUT2D eigenvalue weighted by atomic mass is 9.86. The molecule has 0 aromatic rings. The van der Waals surface area contributed by atoms with Crippen LogP contribution in [0.4, 0.5) is 0 Å². The van der Waals surface area contributed by atoms with Gasteiger partial charge in [-0.15, -0.1) is 0 Å². The molecule has 1 rings (SSSR count). The van der Waals surface area contributed by atoms with Gasteiger partial charge in [0.2, 0.25) is 5.91 Å². The highest BCUT2D eigenvalue weighted by Crippen LogP contribution is 2.26. The van der Waals surface area contributed by atoms with Crippen LogP contribution in [0.25, 0.3) is 0 Å². The molecule has 1 saturated heterocycles. The Hall–Kier alpha value is -0.570. The quantitative estimate of drug-likeness (QED) is 0.705. The summed E-state index contributed by atoms with van der Waals surface area (Å²) in [4.78, 5) is 13.6. The maximum absolute atomic E-state index is 11.6. The van der Waals surface area contributed by atoms with Crippen molar-refractivity contribution in [3.8, 4) is 0 Å². The van der Waals surface area contributed by atoms with Gasteiger partial charge in [0.05, 0.1) is 0 Å². The molecule has 94 valence electrons. The molecule has 0 aliphatic carbocycles. The van der Waals surface area contributed by atoms with Gasteiger partial charge in [0.25, 0.3) is 0 Å². The Labute approximate surface area is 99.4 Å². The van der Waals surface area contributed by atoms with E-state index in [1.165, 1.54) is 25.7 Å². The molecule has 0 saturated carbocycles. The number of nitrogens with zero attached hydrogens (tertiary/aromatic N) is 1. The van der Waals surface area contributed by atoms with E-state index >= 15 is 0 Å². The van der Waals surface area contributed by atoms with Gasteiger partial charge in [0.1, 0.15) is 0 Å². The fraction of sp³-hybridized carbons (Fsp3) is 0.923. The van der Waals surface area contributed by atoms with E-state index in [2.05, 4.69) is 20.8 Å². The van der Waals surface area contributed by atoms with Crippen LogP contribution in [0.5, 0.6) is 0 Å². The number of unbranched alkanes of at least 4 members (excludes halogenated alkanes) is 2. The van der Waals surface area contributed by atoms with Crippen LogP contribution < -0.4 is 5.73 Å². The Morgan fingerprint density at radius 1 is 1.44 bits per heavy atom. The van der Waals surface area contributed by atoms with Crippen molar-refractivity contribution in [3.05, 3.63) is 0 Å². The highest BCUT2D eigenvalue weighted by atomic mass is 16.2. The molecule has 1 atom stereocenters. The second kappa shape index (κ2) is 5.67. The number of rotatable bonds is 6. The number of nitrogens with two attached hydrogens (primary N) is 1. The predicted octanol–water partition coefficient (Wildman–Crippen LogP) is 2.15. The second-order valence-corrected chi connectivity index (χ2v) is 5.86. The van der Waals surface area contributed by atoms with E-state index in [9.17, 15) is 4.79 Å². The van der Waals surface area contributed by atoms with Crippen LogP contribution in [0.15, 0.2) is 0 Å². The van der Waals surface area contributed by atoms with Gasteiger partial charge in [-0.05, 0) is 11.8 Å². The maximum Gasteiger partial charge on any atom is 0.224 e. The van der Waals surface area contributed by atoms with Crippen molar-refractivity contribution in [1.29, 1.82) is 0 Å². The average molecular weight is 226 g/mol. The molecular weight excluding hydrogens is 200 g/mol. The van der Waals surface area contributed by atoms with Crippen LogP contribution in [-0.4, -0.2) is 29.9 Å². The van der Waals surface area contributed by atoms with Crippen molar-refractivity contribution < 1.29 is 4.79 Å². The van der Waals surface area contributed by atoms with Crippen LogP contribution in [0.3, 0.4) is 0 Å². The molecule has 3 nitrogen and oxygen atoms in total. The molecule has 2 N–H and O–H groups in total. The van der Waals surface area contributed by atoms with Crippen molar-refractivity contribution >= 4 is 5.91 Å². The standard InChI is InChI=1S/C13H26N2O/c1-4-5-6-7-13(2,3)10-15-9-11(14)8-12(15)16/h11H,4-10,14H2,1-3H3. The fourth-order valence-corrected chi connectivity index (χ4v) is 2.40. The van der Waals surface area contributed by atoms with E-state index < -0.39 is 0 Å². The van der Waals surface area contributed by atoms with Gasteiger partial charge in [-0.2, -0.15) is 0 Å². The molecule has 16 heavy (non-hydrogen) atoms. The van der Waals surface area contributed by atoms with Crippen LogP contribution in [0.1, 0.15) is 52.9 Å². The molecule has 0 spiro atoms. The SMILES string of the molecule is CCCCCC(C)(C)CN1CC(N)CC1=O. The zero-order valence-electron chi connectivity index (χ0n) is 11.0. The van der Waals surface area contributed by atoms with Gasteiger partial charge in [-0.3, -0.25) is 4.79 Å². The molecule has 1 aliphatic rings. The first-order valence-electron chi connectivity index (χ1n) is 6.48. The Morgan fingerprint density at radius 2 is 2.12 bits per heavy atom. The largest absolute Gasteiger partial charge is 0.341 e. The molecule has 3 heteroatoms. The van der Waals surface area contributed by atoms with E-state index in [-0.39, 0.29) is 17.4 Å². The monoisotopic (exact) mass is 226 g/mol. The smallest absolute Gasteiger partial charge is 0.224 e. The number of carbonyl (C=O) groups excluding carboxylic acids is 1. The Kier molecular flexibility index (Phi) is 4.78. The van der Waals surface area contributed by atoms with E-state index in [4.69, 9.17) is 5.73 Å². The van der Waals surface area contributed by atoms with Crippen molar-refractivity contribution in [2.45, 2.75) is 58.9 Å². The third-order valence-corrected chi connectivity index (χ3v) is 3.32. The van der Waals surface area contributed by atoms with E-state index in [1.807, 2.05) is 4.90 Å². The topological polar surface area (TPSA) is 46.3 Å². The summed E-state index contributed by atoms with van der Waals surface area (Å²) in [7, 11) is 0. The summed E-state index contributed by atoms with van der Waals surface area (Å²) in [6.45, 7) is 8.33. The van der Waals surface area contributed by atoms with Gasteiger partial charge in [-0.1, -0.05) is 40.0 Å². The molecule has 0 aromatic carbocycles. The maximum atomic E-state index is 11.6. The fourth-order valence-electron chi connectivity index (χ4n) is 2.40. The van der Waals surface area contributed by atoms with E-state index in [0.29, 0.717) is 6.42 Å². The Balaban J connectivity index is 2.36. The van der Waals surface area contributed by atoms with Crippen molar-refractivity contribution in [1.82, 2.24) is 4.90 Å². The van der Waals surface area contributed by atoms with Crippen LogP contribution in [0.2, 0.25) is 0 Å². The Morgan fingerprint density at radius 3 is 2.62 bits per heavy atom. The molecule has 1 unspecified atom stereocenters. The lowest BCUT2D eigenvalue weighted by Crippen LogP contribution is -2.36. The number of likely N-dealkylation sites (tertiary alicyclic amines) is 1. The first-order valence-corrected chi connectivity index (χ1v) is 6.48. The van der Waals surface area contributed by atoms with E-state index in [0.717, 1.165) is 13.1 Å². The highest BCUT2D eigenvalue weighted by molar-refractivity contribution is 5.79. The molecule has 1 fully saturated rings. The van der Waals surface area contributed by atoms with Gasteiger partial charge in [0, 0.05) is 25.6 Å². The van der Waals surface area contributed by atoms with Gasteiger partial charge in [0.15, 0.2) is 0 Å². The average Bonchev–Trinajstić information content (AvgIpc) is 2.44. The summed E-state index contributed by atoms with van der Waals surface area (Å²) in [6, 6.07) is 0.0546. The number of hydrogen-bond acceptors (Lipinski definition) is 2. The molecular formula is C13H26N2O. The summed E-state index contributed by atoms with van der Waals surface area (Å²) in [5, 5.41) is 0. The first-order chi connectivity index (χ1) is 7.44. The molecule has 1 amide bonds. The first kappa shape index (κ1) is 13.5. The Bertz CT molecular complexity index is 238. The zero-order valence-corrected chi connectivity index (χ0v) is 11.0. The minimum Gasteiger partial charge on any atom is -0.341 e. The van der Waals surface area contributed by atoms with Crippen LogP contribution in [-0.2, 0) is 4.79 Å². The number of carbonyl (C=O) groups is 1. The van der Waals surface area contributed by atoms with Gasteiger partial charge >= 0.3 is 0 Å². The molecule has 0 aromatic heterocycles. The second-order valence-electron chi connectivity index (χ2n) is 5.86. The molecule has 0 radical (unpaired) electrons. The van der Waals surface area contributed by atoms with Crippen molar-refractivity contribution in [2.24, 2.45) is 11.1 Å². The normalized spacial score (nSPS) is 21.9. The van der Waals surface area contributed by atoms with Crippen LogP contribution in [0, 0.1) is 5.41 Å². The van der Waals surface area contributed by atoms with Gasteiger partial charge in [-0.25, -0.2) is 0 Å².